The summed E-state index contributed by atoms with van der Waals surface area (Å²) in [6.45, 7) is 2.06. The van der Waals surface area contributed by atoms with E-state index >= 15 is 0 Å². The van der Waals surface area contributed by atoms with Crippen molar-refractivity contribution in [1.82, 2.24) is 4.98 Å². The van der Waals surface area contributed by atoms with Gasteiger partial charge in [-0.2, -0.15) is 0 Å². The number of esters is 1. The summed E-state index contributed by atoms with van der Waals surface area (Å²) in [5, 5.41) is 2.68. The first-order valence-corrected chi connectivity index (χ1v) is 6.40. The number of pyridine rings is 1. The van der Waals surface area contributed by atoms with E-state index in [4.69, 9.17) is 10.5 Å². The van der Waals surface area contributed by atoms with Crippen LogP contribution in [0.5, 0.6) is 0 Å². The Bertz CT molecular complexity index is 636. The number of anilines is 2. The first-order valence-electron chi connectivity index (χ1n) is 6.40. The van der Waals surface area contributed by atoms with Crippen LogP contribution in [0.1, 0.15) is 27.8 Å². The number of ether oxygens (including phenoxy) is 1. The lowest BCUT2D eigenvalue weighted by atomic mass is 10.2. The summed E-state index contributed by atoms with van der Waals surface area (Å²) in [6, 6.07) is 9.57. The van der Waals surface area contributed by atoms with Crippen LogP contribution in [0, 0.1) is 0 Å². The number of rotatable bonds is 4. The molecule has 0 atom stereocenters. The Kier molecular flexibility index (Phi) is 4.50. The predicted molar refractivity (Wildman–Crippen MR) is 79.0 cm³/mol. The summed E-state index contributed by atoms with van der Waals surface area (Å²) in [5.41, 5.74) is 7.26. The highest BCUT2D eigenvalue weighted by atomic mass is 16.5. The zero-order valence-electron chi connectivity index (χ0n) is 11.5. The first-order chi connectivity index (χ1) is 10.1. The molecular formula is C15H15N3O3. The standard InChI is InChI=1S/C15H15N3O3/c1-2-21-15(20)10-3-6-12(7-4-10)18-14(19)13-8-5-11(16)9-17-13/h3-9H,2,16H2,1H3,(H,18,19). The predicted octanol–water partition coefficient (Wildman–Crippen LogP) is 2.09. The Hall–Kier alpha value is -2.89. The highest BCUT2D eigenvalue weighted by Crippen LogP contribution is 2.12. The number of nitrogens with one attached hydrogen (secondary N) is 1. The van der Waals surface area contributed by atoms with Crippen molar-refractivity contribution < 1.29 is 14.3 Å². The van der Waals surface area contributed by atoms with Crippen molar-refractivity contribution in [2.45, 2.75) is 6.92 Å². The van der Waals surface area contributed by atoms with Crippen LogP contribution in [-0.4, -0.2) is 23.5 Å². The maximum atomic E-state index is 11.9. The molecule has 1 amide bonds. The number of amides is 1. The molecule has 2 rings (SSSR count). The number of nitrogens with zero attached hydrogens (tertiary/aromatic N) is 1. The minimum atomic E-state index is -0.393. The number of hydrogen-bond donors (Lipinski definition) is 2. The van der Waals surface area contributed by atoms with Crippen molar-refractivity contribution in [3.63, 3.8) is 0 Å². The second-order valence-corrected chi connectivity index (χ2v) is 4.23. The average molecular weight is 285 g/mol. The molecular weight excluding hydrogens is 270 g/mol. The Morgan fingerprint density at radius 2 is 1.90 bits per heavy atom. The minimum absolute atomic E-state index is 0.263. The van der Waals surface area contributed by atoms with Gasteiger partial charge in [-0.1, -0.05) is 0 Å². The van der Waals surface area contributed by atoms with Crippen LogP contribution in [0.15, 0.2) is 42.6 Å². The molecule has 6 nitrogen and oxygen atoms in total. The van der Waals surface area contributed by atoms with Crippen LogP contribution >= 0.6 is 0 Å². The lowest BCUT2D eigenvalue weighted by Gasteiger charge is -2.06. The third-order valence-electron chi connectivity index (χ3n) is 2.67. The lowest BCUT2D eigenvalue weighted by Crippen LogP contribution is -2.14. The molecule has 0 fully saturated rings. The van der Waals surface area contributed by atoms with Gasteiger partial charge in [0.15, 0.2) is 0 Å². The van der Waals surface area contributed by atoms with Crippen LogP contribution < -0.4 is 11.1 Å². The van der Waals surface area contributed by atoms with Crippen molar-refractivity contribution in [3.8, 4) is 0 Å². The van der Waals surface area contributed by atoms with Crippen molar-refractivity contribution in [2.24, 2.45) is 0 Å². The van der Waals surface area contributed by atoms with Gasteiger partial charge in [0.25, 0.3) is 5.91 Å². The first kappa shape index (κ1) is 14.5. The van der Waals surface area contributed by atoms with Gasteiger partial charge in [0.1, 0.15) is 5.69 Å². The van der Waals surface area contributed by atoms with E-state index in [9.17, 15) is 9.59 Å². The summed E-state index contributed by atoms with van der Waals surface area (Å²) in [7, 11) is 0. The number of carbonyl (C=O) groups excluding carboxylic acids is 2. The molecule has 0 radical (unpaired) electrons. The van der Waals surface area contributed by atoms with Gasteiger partial charge in [0.2, 0.25) is 0 Å². The number of carbonyl (C=O) groups is 2. The molecule has 0 saturated heterocycles. The molecule has 108 valence electrons. The van der Waals surface area contributed by atoms with Crippen molar-refractivity contribution >= 4 is 23.3 Å². The summed E-state index contributed by atoms with van der Waals surface area (Å²) in [4.78, 5) is 27.4. The molecule has 0 unspecified atom stereocenters. The average Bonchev–Trinajstić information content (AvgIpc) is 2.49. The minimum Gasteiger partial charge on any atom is -0.462 e. The summed E-state index contributed by atoms with van der Waals surface area (Å²) in [6.07, 6.45) is 1.42. The molecule has 1 aromatic carbocycles. The second-order valence-electron chi connectivity index (χ2n) is 4.23. The van der Waals surface area contributed by atoms with Gasteiger partial charge < -0.3 is 15.8 Å². The number of aromatic nitrogens is 1. The Labute approximate surface area is 121 Å². The molecule has 0 saturated carbocycles. The van der Waals surface area contributed by atoms with Gasteiger partial charge >= 0.3 is 5.97 Å². The molecule has 0 spiro atoms. The largest absolute Gasteiger partial charge is 0.462 e. The van der Waals surface area contributed by atoms with Crippen molar-refractivity contribution in [2.75, 3.05) is 17.7 Å². The monoisotopic (exact) mass is 285 g/mol. The van der Waals surface area contributed by atoms with Gasteiger partial charge in [-0.15, -0.1) is 0 Å². The van der Waals surface area contributed by atoms with Gasteiger partial charge in [0.05, 0.1) is 24.1 Å². The fourth-order valence-corrected chi connectivity index (χ4v) is 1.64. The van der Waals surface area contributed by atoms with E-state index in [1.54, 1.807) is 37.3 Å². The normalized spacial score (nSPS) is 9.95. The highest BCUT2D eigenvalue weighted by molar-refractivity contribution is 6.03. The van der Waals surface area contributed by atoms with Crippen LogP contribution in [0.4, 0.5) is 11.4 Å². The number of nitrogens with two attached hydrogens (primary N) is 1. The van der Waals surface area contributed by atoms with E-state index in [0.717, 1.165) is 0 Å². The fourth-order valence-electron chi connectivity index (χ4n) is 1.64. The van der Waals surface area contributed by atoms with Crippen molar-refractivity contribution in [3.05, 3.63) is 53.9 Å². The molecule has 1 aromatic heterocycles. The second kappa shape index (κ2) is 6.51. The third-order valence-corrected chi connectivity index (χ3v) is 2.67. The van der Waals surface area contributed by atoms with Gasteiger partial charge in [-0.25, -0.2) is 9.78 Å². The van der Waals surface area contributed by atoms with E-state index in [2.05, 4.69) is 10.3 Å². The van der Waals surface area contributed by atoms with E-state index in [-0.39, 0.29) is 11.6 Å². The summed E-state index contributed by atoms with van der Waals surface area (Å²) < 4.78 is 4.88. The van der Waals surface area contributed by atoms with Crippen LogP contribution in [0.3, 0.4) is 0 Å². The SMILES string of the molecule is CCOC(=O)c1ccc(NC(=O)c2ccc(N)cn2)cc1. The molecule has 0 aliphatic heterocycles. The number of nitrogen functional groups attached to an aromatic ring is 1. The Morgan fingerprint density at radius 1 is 1.19 bits per heavy atom. The molecule has 21 heavy (non-hydrogen) atoms. The quantitative estimate of drug-likeness (QED) is 0.839. The molecule has 6 heteroatoms. The Balaban J connectivity index is 2.04. The molecule has 2 aromatic rings. The molecule has 1 heterocycles. The van der Waals surface area contributed by atoms with E-state index < -0.39 is 5.97 Å². The maximum absolute atomic E-state index is 11.9. The smallest absolute Gasteiger partial charge is 0.338 e. The van der Waals surface area contributed by atoms with Crippen LogP contribution in [0.2, 0.25) is 0 Å². The molecule has 0 aliphatic rings. The van der Waals surface area contributed by atoms with E-state index in [1.165, 1.54) is 12.3 Å². The number of hydrogen-bond acceptors (Lipinski definition) is 5. The van der Waals surface area contributed by atoms with Gasteiger partial charge in [-0.3, -0.25) is 4.79 Å². The summed E-state index contributed by atoms with van der Waals surface area (Å²) in [5.74, 6) is -0.741. The fraction of sp³-hybridized carbons (Fsp3) is 0.133. The summed E-state index contributed by atoms with van der Waals surface area (Å²) >= 11 is 0. The maximum Gasteiger partial charge on any atom is 0.338 e. The molecule has 3 N–H and O–H groups in total. The van der Waals surface area contributed by atoms with Gasteiger partial charge in [-0.05, 0) is 43.3 Å². The van der Waals surface area contributed by atoms with Crippen LogP contribution in [0.25, 0.3) is 0 Å². The zero-order valence-corrected chi connectivity index (χ0v) is 11.5. The van der Waals surface area contributed by atoms with E-state index in [0.29, 0.717) is 23.5 Å². The Morgan fingerprint density at radius 3 is 2.48 bits per heavy atom. The highest BCUT2D eigenvalue weighted by Gasteiger charge is 2.09. The number of benzene rings is 1. The van der Waals surface area contributed by atoms with Gasteiger partial charge in [0, 0.05) is 5.69 Å². The lowest BCUT2D eigenvalue weighted by molar-refractivity contribution is 0.0526. The van der Waals surface area contributed by atoms with Crippen LogP contribution in [-0.2, 0) is 4.74 Å². The van der Waals surface area contributed by atoms with Crippen molar-refractivity contribution in [1.29, 1.82) is 0 Å². The zero-order chi connectivity index (χ0) is 15.2. The molecule has 0 aliphatic carbocycles. The molecule has 0 bridgehead atoms. The topological polar surface area (TPSA) is 94.3 Å². The third kappa shape index (κ3) is 3.79. The van der Waals surface area contributed by atoms with E-state index in [1.807, 2.05) is 0 Å².